The molecule has 0 N–H and O–H groups in total. The van der Waals surface area contributed by atoms with E-state index in [0.717, 1.165) is 43.1 Å². The van der Waals surface area contributed by atoms with Gasteiger partial charge in [-0.05, 0) is 41.3 Å². The lowest BCUT2D eigenvalue weighted by atomic mass is 9.98. The van der Waals surface area contributed by atoms with E-state index >= 15 is 0 Å². The van der Waals surface area contributed by atoms with Gasteiger partial charge in [0.1, 0.15) is 0 Å². The van der Waals surface area contributed by atoms with Crippen LogP contribution in [-0.4, -0.2) is 25.7 Å². The largest absolute Gasteiger partial charge is 0.493 e. The minimum absolute atomic E-state index is 0.605. The number of ether oxygens (including phenoxy) is 2. The van der Waals surface area contributed by atoms with Gasteiger partial charge in [0.25, 0.3) is 0 Å². The third-order valence-corrected chi connectivity index (χ3v) is 5.08. The average Bonchev–Trinajstić information content (AvgIpc) is 2.57. The molecule has 0 saturated carbocycles. The van der Waals surface area contributed by atoms with Gasteiger partial charge in [0.2, 0.25) is 0 Å². The fourth-order valence-electron chi connectivity index (χ4n) is 2.99. The van der Waals surface area contributed by atoms with Crippen LogP contribution in [0.15, 0.2) is 30.3 Å². The number of methoxy groups -OCH3 is 2. The van der Waals surface area contributed by atoms with Gasteiger partial charge in [0, 0.05) is 19.6 Å². The Bertz CT molecular complexity index is 718. The summed E-state index contributed by atoms with van der Waals surface area (Å²) in [6.07, 6.45) is 0.980. The van der Waals surface area contributed by atoms with E-state index in [9.17, 15) is 0 Å². The Hall–Kier alpha value is -1.42. The van der Waals surface area contributed by atoms with Crippen LogP contribution in [0.5, 0.6) is 11.5 Å². The molecule has 0 bridgehead atoms. The van der Waals surface area contributed by atoms with Crippen LogP contribution in [0.4, 0.5) is 0 Å². The molecular weight excluding hydrogens is 333 g/mol. The van der Waals surface area contributed by atoms with E-state index in [0.29, 0.717) is 10.0 Å². The van der Waals surface area contributed by atoms with Gasteiger partial charge < -0.3 is 9.47 Å². The first-order valence-electron chi connectivity index (χ1n) is 7.51. The average molecular weight is 352 g/mol. The molecule has 2 aromatic rings. The summed E-state index contributed by atoms with van der Waals surface area (Å²) in [5.41, 5.74) is 3.64. The third-order valence-electron chi connectivity index (χ3n) is 4.22. The van der Waals surface area contributed by atoms with Gasteiger partial charge in [-0.1, -0.05) is 35.3 Å². The van der Waals surface area contributed by atoms with Gasteiger partial charge in [-0.2, -0.15) is 0 Å². The van der Waals surface area contributed by atoms with Crippen molar-refractivity contribution in [3.05, 3.63) is 57.1 Å². The quantitative estimate of drug-likeness (QED) is 0.805. The van der Waals surface area contributed by atoms with E-state index in [1.165, 1.54) is 11.1 Å². The normalized spacial score (nSPS) is 14.4. The van der Waals surface area contributed by atoms with E-state index in [2.05, 4.69) is 17.0 Å². The summed E-state index contributed by atoms with van der Waals surface area (Å²) in [6, 6.07) is 9.93. The minimum Gasteiger partial charge on any atom is -0.493 e. The second-order valence-electron chi connectivity index (χ2n) is 5.65. The Morgan fingerprint density at radius 3 is 2.43 bits per heavy atom. The molecule has 0 spiro atoms. The molecule has 1 heterocycles. The highest BCUT2D eigenvalue weighted by Crippen LogP contribution is 2.34. The SMILES string of the molecule is COc1cc2c(cc1OC)CN(Cc1cccc(Cl)c1Cl)CC2. The van der Waals surface area contributed by atoms with Crippen LogP contribution in [-0.2, 0) is 19.5 Å². The number of hydrogen-bond acceptors (Lipinski definition) is 3. The minimum atomic E-state index is 0.605. The summed E-state index contributed by atoms with van der Waals surface area (Å²) in [5.74, 6) is 1.56. The molecule has 0 radical (unpaired) electrons. The first-order valence-corrected chi connectivity index (χ1v) is 8.27. The molecule has 23 heavy (non-hydrogen) atoms. The number of hydrogen-bond donors (Lipinski definition) is 0. The van der Waals surface area contributed by atoms with E-state index in [1.807, 2.05) is 18.2 Å². The lowest BCUT2D eigenvalue weighted by Crippen LogP contribution is -2.30. The highest BCUT2D eigenvalue weighted by atomic mass is 35.5. The molecule has 0 atom stereocenters. The van der Waals surface area contributed by atoms with Crippen molar-refractivity contribution in [3.8, 4) is 11.5 Å². The fraction of sp³-hybridized carbons (Fsp3) is 0.333. The number of rotatable bonds is 4. The fourth-order valence-corrected chi connectivity index (χ4v) is 3.37. The summed E-state index contributed by atoms with van der Waals surface area (Å²) in [7, 11) is 3.33. The summed E-state index contributed by atoms with van der Waals surface area (Å²) in [5, 5.41) is 1.25. The Kier molecular flexibility index (Phi) is 5.00. The molecule has 5 heteroatoms. The van der Waals surface area contributed by atoms with Crippen molar-refractivity contribution in [1.29, 1.82) is 0 Å². The van der Waals surface area contributed by atoms with Crippen molar-refractivity contribution < 1.29 is 9.47 Å². The van der Waals surface area contributed by atoms with Crippen LogP contribution < -0.4 is 9.47 Å². The summed E-state index contributed by atoms with van der Waals surface area (Å²) >= 11 is 12.4. The van der Waals surface area contributed by atoms with Crippen LogP contribution >= 0.6 is 23.2 Å². The monoisotopic (exact) mass is 351 g/mol. The van der Waals surface area contributed by atoms with Crippen molar-refractivity contribution in [1.82, 2.24) is 4.90 Å². The molecule has 3 rings (SSSR count). The van der Waals surface area contributed by atoms with Gasteiger partial charge in [-0.25, -0.2) is 0 Å². The van der Waals surface area contributed by atoms with Crippen molar-refractivity contribution >= 4 is 23.2 Å². The maximum absolute atomic E-state index is 6.30. The highest BCUT2D eigenvalue weighted by Gasteiger charge is 2.20. The Morgan fingerprint density at radius 1 is 1.04 bits per heavy atom. The topological polar surface area (TPSA) is 21.7 Å². The zero-order valence-electron chi connectivity index (χ0n) is 13.2. The predicted octanol–water partition coefficient (Wildman–Crippen LogP) is 4.57. The first-order chi connectivity index (χ1) is 11.1. The van der Waals surface area contributed by atoms with Gasteiger partial charge >= 0.3 is 0 Å². The van der Waals surface area contributed by atoms with Gasteiger partial charge in [-0.3, -0.25) is 4.90 Å². The Balaban J connectivity index is 1.81. The molecule has 3 nitrogen and oxygen atoms in total. The van der Waals surface area contributed by atoms with E-state index in [-0.39, 0.29) is 0 Å². The standard InChI is InChI=1S/C18H19Cl2NO2/c1-22-16-8-12-6-7-21(11-14(12)9-17(16)23-2)10-13-4-3-5-15(19)18(13)20/h3-5,8-9H,6-7,10-11H2,1-2H3. The van der Waals surface area contributed by atoms with Crippen molar-refractivity contribution in [2.45, 2.75) is 19.5 Å². The Labute approximate surface area is 146 Å². The number of fused-ring (bicyclic) bond motifs is 1. The first kappa shape index (κ1) is 16.4. The van der Waals surface area contributed by atoms with Gasteiger partial charge in [0.05, 0.1) is 24.3 Å². The molecule has 2 aromatic carbocycles. The summed E-state index contributed by atoms with van der Waals surface area (Å²) < 4.78 is 10.8. The summed E-state index contributed by atoms with van der Waals surface area (Å²) in [4.78, 5) is 2.37. The third kappa shape index (κ3) is 3.42. The maximum Gasteiger partial charge on any atom is 0.161 e. The van der Waals surface area contributed by atoms with Gasteiger partial charge in [0.15, 0.2) is 11.5 Å². The van der Waals surface area contributed by atoms with Crippen molar-refractivity contribution in [3.63, 3.8) is 0 Å². The van der Waals surface area contributed by atoms with E-state index in [4.69, 9.17) is 32.7 Å². The molecular formula is C18H19Cl2NO2. The zero-order chi connectivity index (χ0) is 16.4. The van der Waals surface area contributed by atoms with Crippen molar-refractivity contribution in [2.24, 2.45) is 0 Å². The molecule has 1 aliphatic rings. The maximum atomic E-state index is 6.30. The smallest absolute Gasteiger partial charge is 0.161 e. The Morgan fingerprint density at radius 2 is 1.74 bits per heavy atom. The lowest BCUT2D eigenvalue weighted by molar-refractivity contribution is 0.244. The zero-order valence-corrected chi connectivity index (χ0v) is 14.7. The second-order valence-corrected chi connectivity index (χ2v) is 6.43. The second kappa shape index (κ2) is 7.00. The van der Waals surface area contributed by atoms with Crippen LogP contribution in [0.2, 0.25) is 10.0 Å². The van der Waals surface area contributed by atoms with Crippen molar-refractivity contribution in [2.75, 3.05) is 20.8 Å². The highest BCUT2D eigenvalue weighted by molar-refractivity contribution is 6.42. The molecule has 0 unspecified atom stereocenters. The van der Waals surface area contributed by atoms with Crippen LogP contribution in [0, 0.1) is 0 Å². The predicted molar refractivity (Wildman–Crippen MR) is 93.8 cm³/mol. The summed E-state index contributed by atoms with van der Waals surface area (Å²) in [6.45, 7) is 2.62. The molecule has 0 fully saturated rings. The number of nitrogens with zero attached hydrogens (tertiary/aromatic N) is 1. The number of halogens is 2. The molecule has 0 saturated heterocycles. The van der Waals surface area contributed by atoms with Gasteiger partial charge in [-0.15, -0.1) is 0 Å². The van der Waals surface area contributed by atoms with Crippen LogP contribution in [0.3, 0.4) is 0 Å². The molecule has 0 aliphatic carbocycles. The molecule has 1 aliphatic heterocycles. The molecule has 0 aromatic heterocycles. The molecule has 0 amide bonds. The van der Waals surface area contributed by atoms with Crippen LogP contribution in [0.1, 0.15) is 16.7 Å². The van der Waals surface area contributed by atoms with E-state index in [1.54, 1.807) is 14.2 Å². The van der Waals surface area contributed by atoms with Crippen LogP contribution in [0.25, 0.3) is 0 Å². The number of benzene rings is 2. The molecule has 122 valence electrons. The van der Waals surface area contributed by atoms with E-state index < -0.39 is 0 Å². The lowest BCUT2D eigenvalue weighted by Gasteiger charge is -2.29.